The molecule has 1 atom stereocenters. The molecule has 1 unspecified atom stereocenters. The molecule has 0 spiro atoms. The fourth-order valence-electron chi connectivity index (χ4n) is 4.28. The first-order valence-corrected chi connectivity index (χ1v) is 11.3. The van der Waals surface area contributed by atoms with E-state index < -0.39 is 0 Å². The lowest BCUT2D eigenvalue weighted by Gasteiger charge is -2.35. The summed E-state index contributed by atoms with van der Waals surface area (Å²) in [6, 6.07) is 8.21. The van der Waals surface area contributed by atoms with Crippen LogP contribution in [0.2, 0.25) is 0 Å². The number of hydrogen-bond acceptors (Lipinski definition) is 5. The summed E-state index contributed by atoms with van der Waals surface area (Å²) < 4.78 is 20.8. The maximum Gasteiger partial charge on any atom is 0.264 e. The van der Waals surface area contributed by atoms with Gasteiger partial charge in [0, 0.05) is 44.7 Å². The third-order valence-corrected chi connectivity index (χ3v) is 7.07. The Morgan fingerprint density at radius 3 is 2.70 bits per heavy atom. The minimum Gasteiger partial charge on any atom is -0.377 e. The van der Waals surface area contributed by atoms with Gasteiger partial charge in [-0.3, -0.25) is 9.69 Å². The van der Waals surface area contributed by atoms with Crippen molar-refractivity contribution < 1.29 is 13.9 Å². The average molecular weight is 429 g/mol. The molecule has 0 radical (unpaired) electrons. The molecular weight excluding hydrogens is 403 g/mol. The van der Waals surface area contributed by atoms with Crippen LogP contribution in [0.1, 0.15) is 28.2 Å². The summed E-state index contributed by atoms with van der Waals surface area (Å²) in [6.45, 7) is 7.04. The number of nitrogens with zero attached hydrogens (tertiary/aromatic N) is 4. The van der Waals surface area contributed by atoms with E-state index in [2.05, 4.69) is 10.00 Å². The van der Waals surface area contributed by atoms with Crippen molar-refractivity contribution in [2.24, 2.45) is 0 Å². The van der Waals surface area contributed by atoms with E-state index >= 15 is 0 Å². The summed E-state index contributed by atoms with van der Waals surface area (Å²) in [6.07, 6.45) is 2.65. The van der Waals surface area contributed by atoms with Gasteiger partial charge in [-0.1, -0.05) is 0 Å². The Morgan fingerprint density at radius 2 is 2.00 bits per heavy atom. The van der Waals surface area contributed by atoms with E-state index in [9.17, 15) is 9.18 Å². The molecule has 158 valence electrons. The zero-order valence-corrected chi connectivity index (χ0v) is 17.8. The smallest absolute Gasteiger partial charge is 0.264 e. The number of carbonyl (C=O) groups excluding carboxylic acids is 1. The van der Waals surface area contributed by atoms with Gasteiger partial charge in [-0.25, -0.2) is 9.07 Å². The first-order valence-electron chi connectivity index (χ1n) is 10.5. The number of aromatic nitrogens is 2. The molecule has 2 aliphatic rings. The molecule has 2 aromatic heterocycles. The lowest BCUT2D eigenvalue weighted by Crippen LogP contribution is -2.50. The number of rotatable bonds is 4. The van der Waals surface area contributed by atoms with Crippen LogP contribution in [-0.2, 0) is 4.74 Å². The van der Waals surface area contributed by atoms with Crippen molar-refractivity contribution in [2.75, 3.05) is 39.3 Å². The number of piperazine rings is 1. The molecule has 1 amide bonds. The van der Waals surface area contributed by atoms with Gasteiger partial charge in [0.1, 0.15) is 10.6 Å². The van der Waals surface area contributed by atoms with Crippen molar-refractivity contribution in [1.29, 1.82) is 0 Å². The number of amides is 1. The third-order valence-electron chi connectivity index (χ3n) is 5.97. The summed E-state index contributed by atoms with van der Waals surface area (Å²) in [5.74, 6) is -0.197. The van der Waals surface area contributed by atoms with Crippen LogP contribution in [0.15, 0.2) is 30.3 Å². The summed E-state index contributed by atoms with van der Waals surface area (Å²) in [5.41, 5.74) is 1.66. The van der Waals surface area contributed by atoms with Crippen molar-refractivity contribution >= 4 is 27.5 Å². The van der Waals surface area contributed by atoms with Gasteiger partial charge in [-0.05, 0) is 50.1 Å². The van der Waals surface area contributed by atoms with Crippen molar-refractivity contribution in [3.8, 4) is 5.69 Å². The number of benzene rings is 1. The maximum absolute atomic E-state index is 13.3. The fourth-order valence-corrected chi connectivity index (χ4v) is 5.43. The molecule has 3 aromatic rings. The Kier molecular flexibility index (Phi) is 5.30. The Hall–Kier alpha value is -2.29. The van der Waals surface area contributed by atoms with Gasteiger partial charge >= 0.3 is 0 Å². The zero-order chi connectivity index (χ0) is 20.7. The van der Waals surface area contributed by atoms with Gasteiger partial charge in [-0.2, -0.15) is 5.10 Å². The molecule has 30 heavy (non-hydrogen) atoms. The summed E-state index contributed by atoms with van der Waals surface area (Å²) in [4.78, 5) is 19.1. The second-order valence-corrected chi connectivity index (χ2v) is 9.06. The van der Waals surface area contributed by atoms with Crippen LogP contribution in [0, 0.1) is 12.7 Å². The van der Waals surface area contributed by atoms with E-state index in [1.54, 1.807) is 16.8 Å². The molecular formula is C22H25FN4O2S. The van der Waals surface area contributed by atoms with Crippen LogP contribution >= 0.6 is 11.3 Å². The van der Waals surface area contributed by atoms with Gasteiger partial charge in [0.25, 0.3) is 5.91 Å². The lowest BCUT2D eigenvalue weighted by molar-refractivity contribution is 0.0435. The number of ether oxygens (including phenoxy) is 1. The molecule has 2 saturated heterocycles. The van der Waals surface area contributed by atoms with E-state index in [0.29, 0.717) is 6.10 Å². The quantitative estimate of drug-likeness (QED) is 0.639. The molecule has 4 heterocycles. The number of thiophene rings is 1. The van der Waals surface area contributed by atoms with Crippen molar-refractivity contribution in [2.45, 2.75) is 25.9 Å². The Balaban J connectivity index is 1.31. The maximum atomic E-state index is 13.3. The highest BCUT2D eigenvalue weighted by Crippen LogP contribution is 2.31. The topological polar surface area (TPSA) is 50.6 Å². The van der Waals surface area contributed by atoms with Gasteiger partial charge in [-0.15, -0.1) is 11.3 Å². The van der Waals surface area contributed by atoms with Gasteiger partial charge in [0.05, 0.1) is 22.4 Å². The van der Waals surface area contributed by atoms with Gasteiger partial charge in [0.2, 0.25) is 0 Å². The molecule has 2 aliphatic heterocycles. The molecule has 0 saturated carbocycles. The van der Waals surface area contributed by atoms with Crippen LogP contribution in [0.25, 0.3) is 15.9 Å². The summed E-state index contributed by atoms with van der Waals surface area (Å²) in [7, 11) is 0. The normalized spacial score (nSPS) is 20.3. The average Bonchev–Trinajstić information content (AvgIpc) is 3.48. The molecule has 6 nitrogen and oxygen atoms in total. The van der Waals surface area contributed by atoms with Crippen LogP contribution < -0.4 is 0 Å². The molecule has 0 bridgehead atoms. The van der Waals surface area contributed by atoms with E-state index in [-0.39, 0.29) is 11.7 Å². The van der Waals surface area contributed by atoms with E-state index in [1.807, 2.05) is 17.9 Å². The molecule has 2 fully saturated rings. The highest BCUT2D eigenvalue weighted by atomic mass is 32.1. The minimum absolute atomic E-state index is 0.0815. The first kappa shape index (κ1) is 19.7. The van der Waals surface area contributed by atoms with Crippen LogP contribution in [0.5, 0.6) is 0 Å². The Bertz CT molecular complexity index is 1050. The molecule has 5 rings (SSSR count). The van der Waals surface area contributed by atoms with Crippen molar-refractivity contribution in [1.82, 2.24) is 19.6 Å². The largest absolute Gasteiger partial charge is 0.377 e. The highest BCUT2D eigenvalue weighted by molar-refractivity contribution is 7.20. The monoisotopic (exact) mass is 428 g/mol. The number of halogens is 1. The van der Waals surface area contributed by atoms with Gasteiger partial charge < -0.3 is 9.64 Å². The molecule has 1 aromatic carbocycles. The predicted octanol–water partition coefficient (Wildman–Crippen LogP) is 3.47. The second kappa shape index (κ2) is 8.09. The van der Waals surface area contributed by atoms with Crippen LogP contribution in [0.3, 0.4) is 0 Å². The van der Waals surface area contributed by atoms with Crippen LogP contribution in [-0.4, -0.2) is 70.9 Å². The van der Waals surface area contributed by atoms with E-state index in [0.717, 1.165) is 78.6 Å². The Labute approximate surface area is 178 Å². The zero-order valence-electron chi connectivity index (χ0n) is 17.0. The lowest BCUT2D eigenvalue weighted by atomic mass is 10.2. The summed E-state index contributed by atoms with van der Waals surface area (Å²) >= 11 is 1.45. The Morgan fingerprint density at radius 1 is 1.23 bits per heavy atom. The predicted molar refractivity (Wildman–Crippen MR) is 115 cm³/mol. The number of carbonyl (C=O) groups is 1. The molecule has 0 aliphatic carbocycles. The molecule has 0 N–H and O–H groups in total. The van der Waals surface area contributed by atoms with E-state index in [4.69, 9.17) is 4.74 Å². The van der Waals surface area contributed by atoms with Crippen molar-refractivity contribution in [3.05, 3.63) is 46.7 Å². The SMILES string of the molecule is Cc1nn(-c2ccc(F)cc2)c2sc(C(=O)N3CCN(CC4CCCO4)CC3)cc12. The van der Waals surface area contributed by atoms with E-state index in [1.165, 1.54) is 23.5 Å². The molecule has 8 heteroatoms. The fraction of sp³-hybridized carbons (Fsp3) is 0.455. The minimum atomic E-state index is -0.278. The number of fused-ring (bicyclic) bond motifs is 1. The standard InChI is InChI=1S/C22H25FN4O2S/c1-15-19-13-20(30-22(19)27(24-15)17-6-4-16(23)5-7-17)21(28)26-10-8-25(9-11-26)14-18-3-2-12-29-18/h4-7,13,18H,2-3,8-12,14H2,1H3. The highest BCUT2D eigenvalue weighted by Gasteiger charge is 2.27. The first-order chi connectivity index (χ1) is 14.6. The third kappa shape index (κ3) is 3.75. The van der Waals surface area contributed by atoms with Crippen molar-refractivity contribution in [3.63, 3.8) is 0 Å². The number of aryl methyl sites for hydroxylation is 1. The van der Waals surface area contributed by atoms with Gasteiger partial charge in [0.15, 0.2) is 0 Å². The second-order valence-electron chi connectivity index (χ2n) is 8.03. The summed E-state index contributed by atoms with van der Waals surface area (Å²) in [5, 5.41) is 5.56. The number of hydrogen-bond donors (Lipinski definition) is 0. The van der Waals surface area contributed by atoms with Crippen LogP contribution in [0.4, 0.5) is 4.39 Å².